The van der Waals surface area contributed by atoms with Crippen LogP contribution in [-0.2, 0) is 13.6 Å². The second-order valence-corrected chi connectivity index (χ2v) is 6.85. The van der Waals surface area contributed by atoms with E-state index < -0.39 is 19.2 Å². The summed E-state index contributed by atoms with van der Waals surface area (Å²) in [4.78, 5) is 12.5. The molecule has 1 aliphatic heterocycles. The monoisotopic (exact) mass is 295 g/mol. The molecule has 0 N–H and O–H groups in total. The molecule has 0 spiro atoms. The van der Waals surface area contributed by atoms with E-state index in [0.717, 1.165) is 5.69 Å². The number of hydrogen-bond acceptors (Lipinski definition) is 5. The molecule has 0 fully saturated rings. The van der Waals surface area contributed by atoms with Crippen LogP contribution in [0.1, 0.15) is 22.2 Å². The summed E-state index contributed by atoms with van der Waals surface area (Å²) in [5.41, 5.74) is -0.205. The topological polar surface area (TPSA) is 70.7 Å². The van der Waals surface area contributed by atoms with E-state index in [1.54, 1.807) is 30.5 Å². The minimum Gasteiger partial charge on any atom is -0.469 e. The second-order valence-electron chi connectivity index (χ2n) is 4.48. The van der Waals surface area contributed by atoms with Crippen molar-refractivity contribution in [1.29, 1.82) is 0 Å². The molecule has 20 heavy (non-hydrogen) atoms. The van der Waals surface area contributed by atoms with Gasteiger partial charge in [-0.3, -0.25) is 13.9 Å². The van der Waals surface area contributed by atoms with E-state index in [4.69, 9.17) is 13.5 Å². The highest BCUT2D eigenvalue weighted by Gasteiger charge is 2.53. The summed E-state index contributed by atoms with van der Waals surface area (Å²) in [6.07, 6.45) is 3.16. The molecule has 0 amide bonds. The highest BCUT2D eigenvalue weighted by Crippen LogP contribution is 2.60. The van der Waals surface area contributed by atoms with Gasteiger partial charge in [0.05, 0.1) is 12.2 Å². The van der Waals surface area contributed by atoms with E-state index in [-0.39, 0.29) is 5.91 Å². The predicted molar refractivity (Wildman–Crippen MR) is 71.0 cm³/mol. The zero-order chi connectivity index (χ0) is 14.3. The fourth-order valence-electron chi connectivity index (χ4n) is 2.68. The first-order valence-electron chi connectivity index (χ1n) is 6.08. The summed E-state index contributed by atoms with van der Waals surface area (Å²) < 4.78 is 29.7. The van der Waals surface area contributed by atoms with Gasteiger partial charge >= 0.3 is 7.60 Å². The summed E-state index contributed by atoms with van der Waals surface area (Å²) in [6, 6.07) is 7.06. The lowest BCUT2D eigenvalue weighted by molar-refractivity contribution is 0.0910. The Hall–Kier alpha value is -1.62. The van der Waals surface area contributed by atoms with Crippen LogP contribution in [0.5, 0.6) is 0 Å². The van der Waals surface area contributed by atoms with Crippen LogP contribution >= 0.6 is 7.60 Å². The van der Waals surface area contributed by atoms with Crippen LogP contribution in [-0.4, -0.2) is 30.4 Å². The van der Waals surface area contributed by atoms with Gasteiger partial charge in [0.15, 0.2) is 5.66 Å². The highest BCUT2D eigenvalue weighted by molar-refractivity contribution is 7.55. The van der Waals surface area contributed by atoms with Crippen LogP contribution in [0, 0.1) is 0 Å². The van der Waals surface area contributed by atoms with E-state index in [1.807, 2.05) is 0 Å². The molecule has 106 valence electrons. The number of furan rings is 1. The average molecular weight is 295 g/mol. The molecule has 6 nitrogen and oxygen atoms in total. The number of carbonyl (C=O) groups excluding carboxylic acids is 1. The molecule has 0 aromatic carbocycles. The van der Waals surface area contributed by atoms with E-state index in [1.165, 1.54) is 25.0 Å². The van der Waals surface area contributed by atoms with Gasteiger partial charge in [-0.1, -0.05) is 0 Å². The molecular weight excluding hydrogens is 281 g/mol. The smallest absolute Gasteiger partial charge is 0.343 e. The second kappa shape index (κ2) is 4.74. The van der Waals surface area contributed by atoms with Gasteiger partial charge in [-0.15, -0.1) is 0 Å². The third-order valence-corrected chi connectivity index (χ3v) is 5.82. The summed E-state index contributed by atoms with van der Waals surface area (Å²) in [7, 11) is -0.998. The van der Waals surface area contributed by atoms with Gasteiger partial charge in [-0.25, -0.2) is 0 Å². The van der Waals surface area contributed by atoms with Gasteiger partial charge in [-0.05, 0) is 24.3 Å². The van der Waals surface area contributed by atoms with Crippen molar-refractivity contribution in [1.82, 2.24) is 4.57 Å². The van der Waals surface area contributed by atoms with Crippen molar-refractivity contribution in [3.63, 3.8) is 0 Å². The van der Waals surface area contributed by atoms with Gasteiger partial charge in [0.1, 0.15) is 5.76 Å². The van der Waals surface area contributed by atoms with E-state index >= 15 is 0 Å². The number of carbonyl (C=O) groups is 1. The number of hydrogen-bond donors (Lipinski definition) is 0. The SMILES string of the molecule is COP(=O)(OC)C1C(=O)n2cccc2C1c1ccco1. The number of fused-ring (bicyclic) bond motifs is 1. The van der Waals surface area contributed by atoms with Crippen molar-refractivity contribution in [2.75, 3.05) is 14.2 Å². The molecule has 7 heteroatoms. The van der Waals surface area contributed by atoms with E-state index in [0.29, 0.717) is 5.76 Å². The third-order valence-electron chi connectivity index (χ3n) is 3.60. The first-order valence-corrected chi connectivity index (χ1v) is 7.69. The van der Waals surface area contributed by atoms with Crippen LogP contribution in [0.15, 0.2) is 41.1 Å². The van der Waals surface area contributed by atoms with Crippen LogP contribution in [0.2, 0.25) is 0 Å². The summed E-state index contributed by atoms with van der Waals surface area (Å²) in [5.74, 6) is -0.216. The number of nitrogens with zero attached hydrogens (tertiary/aromatic N) is 1. The van der Waals surface area contributed by atoms with Crippen molar-refractivity contribution in [2.45, 2.75) is 11.6 Å². The van der Waals surface area contributed by atoms with Crippen molar-refractivity contribution in [3.8, 4) is 0 Å². The maximum absolute atomic E-state index is 12.7. The Morgan fingerprint density at radius 3 is 2.60 bits per heavy atom. The predicted octanol–water partition coefficient (Wildman–Crippen LogP) is 2.72. The van der Waals surface area contributed by atoms with Crippen LogP contribution < -0.4 is 0 Å². The molecule has 0 saturated heterocycles. The molecule has 2 aromatic heterocycles. The van der Waals surface area contributed by atoms with E-state index in [9.17, 15) is 9.36 Å². The van der Waals surface area contributed by atoms with Gasteiger partial charge in [0.2, 0.25) is 5.91 Å². The molecule has 3 rings (SSSR count). The summed E-state index contributed by atoms with van der Waals surface area (Å²) in [5, 5.41) is 0. The molecule has 1 aliphatic rings. The average Bonchev–Trinajstić information content (AvgIpc) is 3.16. The molecule has 0 aliphatic carbocycles. The maximum atomic E-state index is 12.7. The third kappa shape index (κ3) is 1.73. The molecule has 2 atom stereocenters. The van der Waals surface area contributed by atoms with Gasteiger partial charge in [-0.2, -0.15) is 0 Å². The molecular formula is C13H14NO5P. The van der Waals surface area contributed by atoms with Gasteiger partial charge in [0, 0.05) is 26.1 Å². The Labute approximate surface area is 115 Å². The van der Waals surface area contributed by atoms with Crippen molar-refractivity contribution in [2.24, 2.45) is 0 Å². The van der Waals surface area contributed by atoms with Gasteiger partial charge < -0.3 is 13.5 Å². The normalized spacial score (nSPS) is 22.2. The van der Waals surface area contributed by atoms with Crippen molar-refractivity contribution < 1.29 is 22.8 Å². The lowest BCUT2D eigenvalue weighted by Crippen LogP contribution is -2.25. The first-order chi connectivity index (χ1) is 9.62. The van der Waals surface area contributed by atoms with Crippen LogP contribution in [0.25, 0.3) is 0 Å². The van der Waals surface area contributed by atoms with E-state index in [2.05, 4.69) is 0 Å². The summed E-state index contributed by atoms with van der Waals surface area (Å²) in [6.45, 7) is 0. The zero-order valence-corrected chi connectivity index (χ0v) is 11.9. The minimum atomic E-state index is -3.56. The fraction of sp³-hybridized carbons (Fsp3) is 0.308. The van der Waals surface area contributed by atoms with Crippen molar-refractivity contribution in [3.05, 3.63) is 48.2 Å². The Bertz CT molecular complexity index is 667. The fourth-order valence-corrected chi connectivity index (χ4v) is 4.35. The molecule has 0 saturated carbocycles. The number of rotatable bonds is 4. The van der Waals surface area contributed by atoms with Crippen molar-refractivity contribution >= 4 is 13.5 Å². The highest BCUT2D eigenvalue weighted by atomic mass is 31.2. The Kier molecular flexibility index (Phi) is 3.17. The first kappa shape index (κ1) is 13.4. The summed E-state index contributed by atoms with van der Waals surface area (Å²) >= 11 is 0. The minimum absolute atomic E-state index is 0.307. The standard InChI is InChI=1S/C13H14NO5P/c1-17-20(16,18-2)12-11(10-6-4-8-19-10)9-5-3-7-14(9)13(12)15/h3-8,11-12H,1-2H3. The maximum Gasteiger partial charge on any atom is 0.343 e. The van der Waals surface area contributed by atoms with Crippen LogP contribution in [0.4, 0.5) is 0 Å². The lowest BCUT2D eigenvalue weighted by Gasteiger charge is -2.22. The molecule has 3 heterocycles. The Morgan fingerprint density at radius 2 is 2.00 bits per heavy atom. The quantitative estimate of drug-likeness (QED) is 0.811. The Balaban J connectivity index is 2.16. The Morgan fingerprint density at radius 1 is 1.25 bits per heavy atom. The molecule has 0 bridgehead atoms. The molecule has 2 aromatic rings. The lowest BCUT2D eigenvalue weighted by atomic mass is 10.0. The molecule has 0 radical (unpaired) electrons. The molecule has 2 unspecified atom stereocenters. The number of aromatic nitrogens is 1. The van der Waals surface area contributed by atoms with Gasteiger partial charge in [0.25, 0.3) is 0 Å². The zero-order valence-electron chi connectivity index (χ0n) is 11.1. The van der Waals surface area contributed by atoms with Crippen LogP contribution in [0.3, 0.4) is 0 Å². The largest absolute Gasteiger partial charge is 0.469 e.